The molecule has 0 saturated heterocycles. The molecule has 2 rings (SSSR count). The fourth-order valence-corrected chi connectivity index (χ4v) is 3.71. The van der Waals surface area contributed by atoms with Crippen LogP contribution in [0.15, 0.2) is 36.4 Å². The first kappa shape index (κ1) is 20.9. The minimum absolute atomic E-state index is 0.175. The van der Waals surface area contributed by atoms with E-state index in [0.29, 0.717) is 16.3 Å². The highest BCUT2D eigenvalue weighted by Gasteiger charge is 2.14. The van der Waals surface area contributed by atoms with Crippen molar-refractivity contribution in [2.45, 2.75) is 19.6 Å². The second-order valence-electron chi connectivity index (χ2n) is 6.33. The summed E-state index contributed by atoms with van der Waals surface area (Å²) in [6, 6.07) is 9.69. The third-order valence-electron chi connectivity index (χ3n) is 3.62. The van der Waals surface area contributed by atoms with Crippen LogP contribution in [0.2, 0.25) is 5.02 Å². The number of carbonyl (C=O) groups excluding carboxylic acids is 2. The van der Waals surface area contributed by atoms with Crippen LogP contribution in [0.4, 0.5) is 5.69 Å². The second-order valence-corrected chi connectivity index (χ2v) is 8.88. The number of ether oxygens (including phenoxy) is 1. The van der Waals surface area contributed by atoms with Gasteiger partial charge in [-0.2, -0.15) is 0 Å². The number of sulfone groups is 1. The summed E-state index contributed by atoms with van der Waals surface area (Å²) >= 11 is 6.14. The average Bonchev–Trinajstić information content (AvgIpc) is 2.54. The minimum atomic E-state index is -3.22. The highest BCUT2D eigenvalue weighted by Crippen LogP contribution is 2.27. The summed E-state index contributed by atoms with van der Waals surface area (Å²) in [6.45, 7) is 3.22. The van der Waals surface area contributed by atoms with E-state index >= 15 is 0 Å². The molecule has 0 heterocycles. The van der Waals surface area contributed by atoms with Gasteiger partial charge in [0.05, 0.1) is 22.0 Å². The molecule has 1 N–H and O–H groups in total. The van der Waals surface area contributed by atoms with E-state index in [1.54, 1.807) is 18.2 Å². The van der Waals surface area contributed by atoms with Gasteiger partial charge in [0, 0.05) is 6.26 Å². The summed E-state index contributed by atoms with van der Waals surface area (Å²) < 4.78 is 27.7. The maximum atomic E-state index is 12.1. The molecule has 2 aromatic carbocycles. The van der Waals surface area contributed by atoms with E-state index < -0.39 is 28.3 Å². The lowest BCUT2D eigenvalue weighted by Crippen LogP contribution is -2.21. The first-order valence-corrected chi connectivity index (χ1v) is 10.5. The Kier molecular flexibility index (Phi) is 6.62. The first-order valence-electron chi connectivity index (χ1n) is 8.05. The van der Waals surface area contributed by atoms with Crippen LogP contribution in [0.25, 0.3) is 0 Å². The van der Waals surface area contributed by atoms with Crippen LogP contribution >= 0.6 is 11.6 Å². The Morgan fingerprint density at radius 2 is 1.85 bits per heavy atom. The average molecular weight is 410 g/mol. The van der Waals surface area contributed by atoms with Gasteiger partial charge in [-0.05, 0) is 48.7 Å². The van der Waals surface area contributed by atoms with Crippen molar-refractivity contribution in [3.63, 3.8) is 0 Å². The molecule has 0 unspecified atom stereocenters. The molecule has 6 nitrogen and oxygen atoms in total. The van der Waals surface area contributed by atoms with E-state index in [0.717, 1.165) is 17.4 Å². The van der Waals surface area contributed by atoms with Crippen molar-refractivity contribution >= 4 is 39.0 Å². The zero-order valence-electron chi connectivity index (χ0n) is 15.2. The molecule has 0 atom stereocenters. The van der Waals surface area contributed by atoms with E-state index in [-0.39, 0.29) is 11.3 Å². The van der Waals surface area contributed by atoms with E-state index in [1.165, 1.54) is 12.1 Å². The number of aryl methyl sites for hydroxylation is 2. The van der Waals surface area contributed by atoms with Gasteiger partial charge in [0.2, 0.25) is 0 Å². The van der Waals surface area contributed by atoms with E-state index in [2.05, 4.69) is 5.32 Å². The molecule has 1 amide bonds. The van der Waals surface area contributed by atoms with E-state index in [4.69, 9.17) is 16.3 Å². The molecule has 0 fully saturated rings. The summed E-state index contributed by atoms with van der Waals surface area (Å²) in [5.74, 6) is -1.42. The Morgan fingerprint density at radius 3 is 2.48 bits per heavy atom. The van der Waals surface area contributed by atoms with Gasteiger partial charge < -0.3 is 10.1 Å². The van der Waals surface area contributed by atoms with E-state index in [1.807, 2.05) is 19.9 Å². The largest absolute Gasteiger partial charge is 0.452 e. The molecule has 2 aromatic rings. The van der Waals surface area contributed by atoms with Crippen LogP contribution in [-0.4, -0.2) is 33.2 Å². The monoisotopic (exact) mass is 409 g/mol. The van der Waals surface area contributed by atoms with Crippen molar-refractivity contribution in [3.8, 4) is 0 Å². The fourth-order valence-electron chi connectivity index (χ4n) is 2.55. The molecule has 27 heavy (non-hydrogen) atoms. The molecule has 0 aliphatic heterocycles. The molecule has 0 aliphatic rings. The Bertz CT molecular complexity index is 962. The normalized spacial score (nSPS) is 11.1. The molecule has 0 saturated carbocycles. The van der Waals surface area contributed by atoms with Gasteiger partial charge in [0.15, 0.2) is 16.4 Å². The van der Waals surface area contributed by atoms with Crippen LogP contribution in [0.1, 0.15) is 27.0 Å². The van der Waals surface area contributed by atoms with Crippen LogP contribution < -0.4 is 5.32 Å². The van der Waals surface area contributed by atoms with Crippen LogP contribution in [0.3, 0.4) is 0 Å². The molecule has 0 spiro atoms. The van der Waals surface area contributed by atoms with Gasteiger partial charge in [-0.15, -0.1) is 0 Å². The Hall–Kier alpha value is -2.38. The molecule has 144 valence electrons. The van der Waals surface area contributed by atoms with Crippen molar-refractivity contribution in [1.29, 1.82) is 0 Å². The van der Waals surface area contributed by atoms with Gasteiger partial charge >= 0.3 is 5.97 Å². The summed E-state index contributed by atoms with van der Waals surface area (Å²) in [4.78, 5) is 24.2. The Morgan fingerprint density at radius 1 is 1.15 bits per heavy atom. The molecule has 0 aromatic heterocycles. The highest BCUT2D eigenvalue weighted by molar-refractivity contribution is 7.89. The van der Waals surface area contributed by atoms with Gasteiger partial charge in [0.1, 0.15) is 0 Å². The number of rotatable bonds is 6. The molecular formula is C19H20ClNO5S. The van der Waals surface area contributed by atoms with Gasteiger partial charge in [-0.3, -0.25) is 4.79 Å². The number of hydrogen-bond acceptors (Lipinski definition) is 5. The number of halogens is 1. The van der Waals surface area contributed by atoms with Gasteiger partial charge in [0.25, 0.3) is 5.91 Å². The zero-order valence-corrected chi connectivity index (χ0v) is 16.8. The number of carbonyl (C=O) groups is 2. The standard InChI is InChI=1S/C19H20ClNO5S/c1-12-7-13(2)18(16(20)8-12)21-17(22)10-26-19(23)15-6-4-5-14(9-15)11-27(3,24)25/h4-9H,10-11H2,1-3H3,(H,21,22). The Balaban J connectivity index is 1.99. The number of esters is 1. The number of benzene rings is 2. The Labute approximate surface area is 163 Å². The summed E-state index contributed by atoms with van der Waals surface area (Å²) in [7, 11) is -3.22. The number of hydrogen-bond donors (Lipinski definition) is 1. The summed E-state index contributed by atoms with van der Waals surface area (Å²) in [5, 5.41) is 3.03. The van der Waals surface area contributed by atoms with Crippen molar-refractivity contribution in [3.05, 3.63) is 63.7 Å². The quantitative estimate of drug-likeness (QED) is 0.739. The SMILES string of the molecule is Cc1cc(C)c(NC(=O)COC(=O)c2cccc(CS(C)(=O)=O)c2)c(Cl)c1. The lowest BCUT2D eigenvalue weighted by Gasteiger charge is -2.12. The second kappa shape index (κ2) is 8.54. The van der Waals surface area contributed by atoms with Crippen LogP contribution in [-0.2, 0) is 25.1 Å². The molecule has 8 heteroatoms. The smallest absolute Gasteiger partial charge is 0.338 e. The number of nitrogens with one attached hydrogen (secondary N) is 1. The van der Waals surface area contributed by atoms with Gasteiger partial charge in [-0.25, -0.2) is 13.2 Å². The fraction of sp³-hybridized carbons (Fsp3) is 0.263. The molecular weight excluding hydrogens is 390 g/mol. The minimum Gasteiger partial charge on any atom is -0.452 e. The predicted molar refractivity (Wildman–Crippen MR) is 105 cm³/mol. The first-order chi connectivity index (χ1) is 12.5. The molecule has 0 radical (unpaired) electrons. The summed E-state index contributed by atoms with van der Waals surface area (Å²) in [5.41, 5.74) is 2.88. The van der Waals surface area contributed by atoms with Crippen LogP contribution in [0.5, 0.6) is 0 Å². The van der Waals surface area contributed by atoms with Gasteiger partial charge in [-0.1, -0.05) is 29.8 Å². The maximum absolute atomic E-state index is 12.1. The predicted octanol–water partition coefficient (Wildman–Crippen LogP) is 3.30. The number of anilines is 1. The van der Waals surface area contributed by atoms with Crippen molar-refractivity contribution < 1.29 is 22.7 Å². The lowest BCUT2D eigenvalue weighted by molar-refractivity contribution is -0.119. The van der Waals surface area contributed by atoms with E-state index in [9.17, 15) is 18.0 Å². The lowest BCUT2D eigenvalue weighted by atomic mass is 10.1. The third-order valence-corrected chi connectivity index (χ3v) is 4.78. The van der Waals surface area contributed by atoms with Crippen molar-refractivity contribution in [1.82, 2.24) is 0 Å². The topological polar surface area (TPSA) is 89.5 Å². The zero-order chi connectivity index (χ0) is 20.2. The van der Waals surface area contributed by atoms with Crippen molar-refractivity contribution in [2.75, 3.05) is 18.2 Å². The third kappa shape index (κ3) is 6.37. The van der Waals surface area contributed by atoms with Crippen LogP contribution in [0, 0.1) is 13.8 Å². The highest BCUT2D eigenvalue weighted by atomic mass is 35.5. The maximum Gasteiger partial charge on any atom is 0.338 e. The molecule has 0 aliphatic carbocycles. The molecule has 0 bridgehead atoms. The summed E-state index contributed by atoms with van der Waals surface area (Å²) in [6.07, 6.45) is 1.11. The number of amides is 1. The van der Waals surface area contributed by atoms with Crippen molar-refractivity contribution in [2.24, 2.45) is 0 Å².